The van der Waals surface area contributed by atoms with Gasteiger partial charge >= 0.3 is 6.18 Å². The van der Waals surface area contributed by atoms with E-state index in [1.165, 1.54) is 30.5 Å². The summed E-state index contributed by atoms with van der Waals surface area (Å²) in [7, 11) is 0. The number of benzene rings is 1. The van der Waals surface area contributed by atoms with Gasteiger partial charge in [-0.1, -0.05) is 12.1 Å². The first-order valence-electron chi connectivity index (χ1n) is 9.46. The minimum Gasteiger partial charge on any atom is -0.436 e. The number of carbonyl (C=O) groups excluding carboxylic acids is 1. The van der Waals surface area contributed by atoms with Crippen molar-refractivity contribution in [3.05, 3.63) is 77.4 Å². The number of amidine groups is 1. The van der Waals surface area contributed by atoms with Crippen molar-refractivity contribution >= 4 is 11.7 Å². The monoisotopic (exact) mass is 447 g/mol. The van der Waals surface area contributed by atoms with Gasteiger partial charge in [-0.05, 0) is 42.8 Å². The number of rotatable bonds is 5. The molecule has 32 heavy (non-hydrogen) atoms. The molecule has 0 bridgehead atoms. The zero-order valence-corrected chi connectivity index (χ0v) is 16.7. The Labute approximate surface area is 180 Å². The van der Waals surface area contributed by atoms with Crippen molar-refractivity contribution in [2.45, 2.75) is 25.8 Å². The van der Waals surface area contributed by atoms with E-state index in [-0.39, 0.29) is 23.9 Å². The molecule has 1 unspecified atom stereocenters. The molecule has 0 saturated heterocycles. The Morgan fingerprint density at radius 2 is 2.09 bits per heavy atom. The van der Waals surface area contributed by atoms with Crippen molar-refractivity contribution in [2.75, 3.05) is 0 Å². The van der Waals surface area contributed by atoms with Crippen LogP contribution in [-0.2, 0) is 11.2 Å². The molecule has 1 amide bonds. The van der Waals surface area contributed by atoms with Crippen LogP contribution in [0.2, 0.25) is 0 Å². The summed E-state index contributed by atoms with van der Waals surface area (Å²) in [6.45, 7) is 1.78. The number of hydrogen-bond donors (Lipinski definition) is 2. The maximum Gasteiger partial charge on any atom is 0.417 e. The number of aryl methyl sites for hydroxylation is 1. The van der Waals surface area contributed by atoms with E-state index < -0.39 is 29.8 Å². The van der Waals surface area contributed by atoms with Gasteiger partial charge in [-0.3, -0.25) is 9.80 Å². The van der Waals surface area contributed by atoms with Gasteiger partial charge in [0.25, 0.3) is 0 Å². The second kappa shape index (κ2) is 8.42. The molecular weight excluding hydrogens is 430 g/mol. The molecule has 1 atom stereocenters. The summed E-state index contributed by atoms with van der Waals surface area (Å²) in [5.74, 6) is -0.691. The largest absolute Gasteiger partial charge is 0.436 e. The summed E-state index contributed by atoms with van der Waals surface area (Å²) in [5, 5.41) is 3.61. The van der Waals surface area contributed by atoms with Gasteiger partial charge in [0.1, 0.15) is 5.84 Å². The van der Waals surface area contributed by atoms with Gasteiger partial charge in [0, 0.05) is 18.0 Å². The molecule has 0 saturated carbocycles. The second-order valence-electron chi connectivity index (χ2n) is 7.04. The van der Waals surface area contributed by atoms with Gasteiger partial charge in [0.05, 0.1) is 12.0 Å². The number of aliphatic imine (C=N–C) groups is 1. The van der Waals surface area contributed by atoms with E-state index >= 15 is 0 Å². The van der Waals surface area contributed by atoms with Crippen molar-refractivity contribution in [1.82, 2.24) is 20.7 Å². The first-order valence-corrected chi connectivity index (χ1v) is 9.46. The Bertz CT molecular complexity index is 1140. The number of allylic oxidation sites excluding steroid dienone is 2. The van der Waals surface area contributed by atoms with Crippen molar-refractivity contribution in [2.24, 2.45) is 4.99 Å². The third kappa shape index (κ3) is 4.78. The molecule has 1 aromatic carbocycles. The van der Waals surface area contributed by atoms with Crippen LogP contribution in [0.1, 0.15) is 11.1 Å². The van der Waals surface area contributed by atoms with Crippen molar-refractivity contribution in [3.63, 3.8) is 0 Å². The molecule has 4 rings (SSSR count). The number of aromatic nitrogens is 1. The van der Waals surface area contributed by atoms with Gasteiger partial charge in [-0.15, -0.1) is 0 Å². The van der Waals surface area contributed by atoms with Crippen LogP contribution in [0.4, 0.5) is 17.6 Å². The molecule has 0 radical (unpaired) electrons. The summed E-state index contributed by atoms with van der Waals surface area (Å²) in [6.07, 6.45) is -1.14. The Morgan fingerprint density at radius 3 is 2.81 bits per heavy atom. The first-order chi connectivity index (χ1) is 15.2. The lowest BCUT2D eigenvalue weighted by atomic mass is 10.1. The molecule has 7 nitrogen and oxygen atoms in total. The van der Waals surface area contributed by atoms with Crippen molar-refractivity contribution in [1.29, 1.82) is 0 Å². The SMILES string of the molecule is Cc1cccnc1Oc1ccc(CC(=O)NC2N=C3C=CC(C(F)(F)F)=CN3N2)cc1F. The Morgan fingerprint density at radius 1 is 1.28 bits per heavy atom. The molecule has 166 valence electrons. The smallest absolute Gasteiger partial charge is 0.417 e. The number of hydrazine groups is 1. The summed E-state index contributed by atoms with van der Waals surface area (Å²) >= 11 is 0. The Hall–Kier alpha value is -3.73. The zero-order valence-electron chi connectivity index (χ0n) is 16.7. The van der Waals surface area contributed by atoms with Crippen molar-refractivity contribution < 1.29 is 27.1 Å². The lowest BCUT2D eigenvalue weighted by molar-refractivity contribution is -0.121. The zero-order chi connectivity index (χ0) is 22.9. The van der Waals surface area contributed by atoms with Gasteiger partial charge in [0.2, 0.25) is 11.8 Å². The molecule has 2 aliphatic rings. The normalized spacial score (nSPS) is 17.5. The molecule has 11 heteroatoms. The van der Waals surface area contributed by atoms with Crippen LogP contribution in [0, 0.1) is 12.7 Å². The van der Waals surface area contributed by atoms with Crippen LogP contribution in [0.15, 0.2) is 65.4 Å². The summed E-state index contributed by atoms with van der Waals surface area (Å²) < 4.78 is 58.4. The Balaban J connectivity index is 1.36. The van der Waals surface area contributed by atoms with E-state index in [2.05, 4.69) is 20.7 Å². The average molecular weight is 447 g/mol. The third-order valence-corrected chi connectivity index (χ3v) is 4.60. The first kappa shape index (κ1) is 21.5. The molecule has 0 spiro atoms. The number of alkyl halides is 3. The average Bonchev–Trinajstić information content (AvgIpc) is 3.12. The van der Waals surface area contributed by atoms with Crippen LogP contribution in [0.25, 0.3) is 0 Å². The molecule has 0 fully saturated rings. The molecule has 0 aliphatic carbocycles. The number of ether oxygens (including phenoxy) is 1. The lowest BCUT2D eigenvalue weighted by Gasteiger charge is -2.21. The second-order valence-corrected chi connectivity index (χ2v) is 7.04. The minimum atomic E-state index is -4.50. The number of hydrogen-bond acceptors (Lipinski definition) is 6. The topological polar surface area (TPSA) is 78.8 Å². The van der Waals surface area contributed by atoms with E-state index in [4.69, 9.17) is 4.74 Å². The van der Waals surface area contributed by atoms with Crippen LogP contribution in [-0.4, -0.2) is 34.2 Å². The third-order valence-electron chi connectivity index (χ3n) is 4.60. The number of fused-ring (bicyclic) bond motifs is 1. The summed E-state index contributed by atoms with van der Waals surface area (Å²) in [5.41, 5.74) is 2.90. The molecule has 3 heterocycles. The number of nitrogens with zero attached hydrogens (tertiary/aromatic N) is 3. The maximum absolute atomic E-state index is 14.4. The van der Waals surface area contributed by atoms with Crippen molar-refractivity contribution in [3.8, 4) is 11.6 Å². The fourth-order valence-electron chi connectivity index (χ4n) is 3.03. The number of amides is 1. The van der Waals surface area contributed by atoms with Gasteiger partial charge in [-0.25, -0.2) is 14.4 Å². The van der Waals surface area contributed by atoms with Gasteiger partial charge < -0.3 is 10.1 Å². The van der Waals surface area contributed by atoms with E-state index in [1.807, 2.05) is 0 Å². The minimum absolute atomic E-state index is 0.0317. The predicted octanol–water partition coefficient (Wildman–Crippen LogP) is 3.50. The Kier molecular flexibility index (Phi) is 5.66. The van der Waals surface area contributed by atoms with Crippen LogP contribution in [0.5, 0.6) is 11.6 Å². The lowest BCUT2D eigenvalue weighted by Crippen LogP contribution is -2.47. The highest BCUT2D eigenvalue weighted by atomic mass is 19.4. The summed E-state index contributed by atoms with van der Waals surface area (Å²) in [4.78, 5) is 20.5. The highest BCUT2D eigenvalue weighted by molar-refractivity contribution is 5.96. The molecular formula is C21H17F4N5O2. The van der Waals surface area contributed by atoms with Crippen LogP contribution in [0.3, 0.4) is 0 Å². The highest BCUT2D eigenvalue weighted by Crippen LogP contribution is 2.29. The molecule has 2 N–H and O–H groups in total. The van der Waals surface area contributed by atoms with Gasteiger partial charge in [-0.2, -0.15) is 18.6 Å². The van der Waals surface area contributed by atoms with Gasteiger partial charge in [0.15, 0.2) is 17.9 Å². The van der Waals surface area contributed by atoms with E-state index in [0.717, 1.165) is 22.8 Å². The predicted molar refractivity (Wildman–Crippen MR) is 107 cm³/mol. The van der Waals surface area contributed by atoms with E-state index in [1.54, 1.807) is 19.1 Å². The maximum atomic E-state index is 14.4. The molecule has 1 aromatic heterocycles. The van der Waals surface area contributed by atoms with E-state index in [0.29, 0.717) is 5.56 Å². The van der Waals surface area contributed by atoms with Crippen LogP contribution < -0.4 is 15.5 Å². The highest BCUT2D eigenvalue weighted by Gasteiger charge is 2.36. The number of halogens is 4. The number of pyridine rings is 1. The number of nitrogens with one attached hydrogen (secondary N) is 2. The fraction of sp³-hybridized carbons (Fsp3) is 0.190. The molecule has 2 aliphatic heterocycles. The standard InChI is InChI=1S/C21H17F4N5O2/c1-12-3-2-8-26-19(12)32-16-6-4-13(9-15(16)22)10-18(31)28-20-27-17-7-5-14(21(23,24)25)11-30(17)29-20/h2-9,11,20,29H,10H2,1H3,(H,28,31). The van der Waals surface area contributed by atoms with Crippen LogP contribution >= 0.6 is 0 Å². The quantitative estimate of drug-likeness (QED) is 0.686. The molecule has 2 aromatic rings. The summed E-state index contributed by atoms with van der Waals surface area (Å²) in [6, 6.07) is 7.62. The number of carbonyl (C=O) groups is 1. The van der Waals surface area contributed by atoms with E-state index in [9.17, 15) is 22.4 Å². The fourth-order valence-corrected chi connectivity index (χ4v) is 3.03.